The maximum Gasteiger partial charge on any atom is 0.253 e. The van der Waals surface area contributed by atoms with Gasteiger partial charge in [0.2, 0.25) is 0 Å². The lowest BCUT2D eigenvalue weighted by atomic mass is 10.1. The highest BCUT2D eigenvalue weighted by atomic mass is 19.1. The fourth-order valence-electron chi connectivity index (χ4n) is 3.15. The van der Waals surface area contributed by atoms with Crippen molar-refractivity contribution in [2.45, 2.75) is 19.5 Å². The van der Waals surface area contributed by atoms with Crippen molar-refractivity contribution in [1.82, 2.24) is 9.80 Å². The minimum atomic E-state index is -0.211. The molecule has 1 saturated heterocycles. The summed E-state index contributed by atoms with van der Waals surface area (Å²) in [4.78, 5) is 16.9. The number of hydrogen-bond donors (Lipinski definition) is 1. The minimum Gasteiger partial charge on any atom is -0.337 e. The van der Waals surface area contributed by atoms with Gasteiger partial charge >= 0.3 is 0 Å². The van der Waals surface area contributed by atoms with Gasteiger partial charge in [0.25, 0.3) is 5.91 Å². The van der Waals surface area contributed by atoms with Crippen molar-refractivity contribution in [2.75, 3.05) is 26.2 Å². The Labute approximate surface area is 148 Å². The van der Waals surface area contributed by atoms with Gasteiger partial charge in [0, 0.05) is 44.8 Å². The van der Waals surface area contributed by atoms with E-state index in [1.807, 2.05) is 41.3 Å². The fourth-order valence-corrected chi connectivity index (χ4v) is 3.15. The number of halogens is 1. The minimum absolute atomic E-state index is 0.0761. The van der Waals surface area contributed by atoms with Crippen LogP contribution in [0.4, 0.5) is 4.39 Å². The predicted molar refractivity (Wildman–Crippen MR) is 96.5 cm³/mol. The molecule has 2 aromatic rings. The number of amides is 1. The van der Waals surface area contributed by atoms with E-state index in [4.69, 9.17) is 5.73 Å². The smallest absolute Gasteiger partial charge is 0.253 e. The van der Waals surface area contributed by atoms with Gasteiger partial charge in [0.15, 0.2) is 0 Å². The zero-order chi connectivity index (χ0) is 17.6. The lowest BCUT2D eigenvalue weighted by Gasteiger charge is -2.22. The molecule has 0 radical (unpaired) electrons. The summed E-state index contributed by atoms with van der Waals surface area (Å²) in [5, 5.41) is 0. The molecule has 132 valence electrons. The Bertz CT molecular complexity index is 700. The topological polar surface area (TPSA) is 49.6 Å². The molecule has 0 bridgehead atoms. The molecule has 0 aliphatic carbocycles. The van der Waals surface area contributed by atoms with Crippen LogP contribution < -0.4 is 5.73 Å². The molecule has 2 aromatic carbocycles. The zero-order valence-electron chi connectivity index (χ0n) is 14.3. The molecule has 5 heteroatoms. The standard InChI is InChI=1S/C20H24FN3O/c21-19-8-4-17(5-9-19)15-23-10-1-11-24(13-12-23)20(25)18-6-2-16(14-22)3-7-18/h2-9H,1,10-15,22H2. The Morgan fingerprint density at radius 1 is 0.920 bits per heavy atom. The molecule has 1 amide bonds. The summed E-state index contributed by atoms with van der Waals surface area (Å²) in [6.07, 6.45) is 0.938. The average molecular weight is 341 g/mol. The second kappa shape index (κ2) is 8.23. The Morgan fingerprint density at radius 2 is 1.60 bits per heavy atom. The van der Waals surface area contributed by atoms with E-state index in [0.717, 1.165) is 43.7 Å². The molecular formula is C20H24FN3O. The van der Waals surface area contributed by atoms with Crippen molar-refractivity contribution in [1.29, 1.82) is 0 Å². The summed E-state index contributed by atoms with van der Waals surface area (Å²) in [6.45, 7) is 4.50. The largest absolute Gasteiger partial charge is 0.337 e. The quantitative estimate of drug-likeness (QED) is 0.930. The molecule has 0 spiro atoms. The van der Waals surface area contributed by atoms with Crippen LogP contribution in [0.15, 0.2) is 48.5 Å². The van der Waals surface area contributed by atoms with E-state index in [1.54, 1.807) is 0 Å². The van der Waals surface area contributed by atoms with Gasteiger partial charge in [-0.2, -0.15) is 0 Å². The van der Waals surface area contributed by atoms with Crippen molar-refractivity contribution in [3.63, 3.8) is 0 Å². The summed E-state index contributed by atoms with van der Waals surface area (Å²) in [5.74, 6) is -0.135. The highest BCUT2D eigenvalue weighted by Crippen LogP contribution is 2.13. The van der Waals surface area contributed by atoms with E-state index in [9.17, 15) is 9.18 Å². The Hall–Kier alpha value is -2.24. The van der Waals surface area contributed by atoms with Gasteiger partial charge in [-0.25, -0.2) is 4.39 Å². The Morgan fingerprint density at radius 3 is 2.28 bits per heavy atom. The van der Waals surface area contributed by atoms with Gasteiger partial charge in [0.05, 0.1) is 0 Å². The molecule has 25 heavy (non-hydrogen) atoms. The third-order valence-corrected chi connectivity index (χ3v) is 4.63. The molecule has 4 nitrogen and oxygen atoms in total. The first-order chi connectivity index (χ1) is 12.2. The lowest BCUT2D eigenvalue weighted by Crippen LogP contribution is -2.35. The van der Waals surface area contributed by atoms with Crippen LogP contribution in [0.1, 0.15) is 27.9 Å². The lowest BCUT2D eigenvalue weighted by molar-refractivity contribution is 0.0761. The molecule has 0 saturated carbocycles. The molecule has 2 N–H and O–H groups in total. The number of rotatable bonds is 4. The van der Waals surface area contributed by atoms with Gasteiger partial charge in [-0.05, 0) is 41.8 Å². The number of carbonyl (C=O) groups excluding carboxylic acids is 1. The maximum atomic E-state index is 13.0. The first-order valence-corrected chi connectivity index (χ1v) is 8.71. The molecule has 3 rings (SSSR count). The zero-order valence-corrected chi connectivity index (χ0v) is 14.3. The average Bonchev–Trinajstić information content (AvgIpc) is 2.89. The summed E-state index contributed by atoms with van der Waals surface area (Å²) in [5.41, 5.74) is 8.44. The van der Waals surface area contributed by atoms with Crippen molar-refractivity contribution in [2.24, 2.45) is 5.73 Å². The van der Waals surface area contributed by atoms with Gasteiger partial charge in [-0.1, -0.05) is 24.3 Å². The molecular weight excluding hydrogens is 317 g/mol. The van der Waals surface area contributed by atoms with Crippen LogP contribution in [-0.2, 0) is 13.1 Å². The molecule has 1 fully saturated rings. The third kappa shape index (κ3) is 4.65. The first kappa shape index (κ1) is 17.6. The number of benzene rings is 2. The third-order valence-electron chi connectivity index (χ3n) is 4.63. The van der Waals surface area contributed by atoms with Gasteiger partial charge in [0.1, 0.15) is 5.82 Å². The second-order valence-electron chi connectivity index (χ2n) is 6.45. The Kier molecular flexibility index (Phi) is 5.79. The van der Waals surface area contributed by atoms with Crippen LogP contribution in [0.5, 0.6) is 0 Å². The summed E-state index contributed by atoms with van der Waals surface area (Å²) in [7, 11) is 0. The molecule has 1 aliphatic heterocycles. The number of nitrogens with two attached hydrogens (primary N) is 1. The van der Waals surface area contributed by atoms with E-state index in [2.05, 4.69) is 4.90 Å². The monoisotopic (exact) mass is 341 g/mol. The SMILES string of the molecule is NCc1ccc(C(=O)N2CCCN(Cc3ccc(F)cc3)CC2)cc1. The first-order valence-electron chi connectivity index (χ1n) is 8.71. The van der Waals surface area contributed by atoms with E-state index in [-0.39, 0.29) is 11.7 Å². The molecule has 0 atom stereocenters. The number of hydrogen-bond acceptors (Lipinski definition) is 3. The van der Waals surface area contributed by atoms with E-state index >= 15 is 0 Å². The maximum absolute atomic E-state index is 13.0. The van der Waals surface area contributed by atoms with Crippen molar-refractivity contribution in [3.8, 4) is 0 Å². The number of nitrogens with zero attached hydrogens (tertiary/aromatic N) is 2. The molecule has 1 heterocycles. The van der Waals surface area contributed by atoms with Crippen LogP contribution in [0.2, 0.25) is 0 Å². The highest BCUT2D eigenvalue weighted by Gasteiger charge is 2.20. The normalized spacial score (nSPS) is 15.8. The van der Waals surface area contributed by atoms with Crippen LogP contribution in [0.25, 0.3) is 0 Å². The van der Waals surface area contributed by atoms with Crippen LogP contribution in [0, 0.1) is 5.82 Å². The van der Waals surface area contributed by atoms with E-state index in [1.165, 1.54) is 12.1 Å². The molecule has 0 unspecified atom stereocenters. The fraction of sp³-hybridized carbons (Fsp3) is 0.350. The van der Waals surface area contributed by atoms with Crippen molar-refractivity contribution in [3.05, 3.63) is 71.0 Å². The van der Waals surface area contributed by atoms with Gasteiger partial charge < -0.3 is 10.6 Å². The van der Waals surface area contributed by atoms with Gasteiger partial charge in [-0.15, -0.1) is 0 Å². The van der Waals surface area contributed by atoms with Crippen LogP contribution in [-0.4, -0.2) is 41.9 Å². The van der Waals surface area contributed by atoms with Crippen LogP contribution >= 0.6 is 0 Å². The summed E-state index contributed by atoms with van der Waals surface area (Å²) < 4.78 is 13.0. The second-order valence-corrected chi connectivity index (χ2v) is 6.45. The highest BCUT2D eigenvalue weighted by molar-refractivity contribution is 5.94. The van der Waals surface area contributed by atoms with Crippen LogP contribution in [0.3, 0.4) is 0 Å². The summed E-state index contributed by atoms with van der Waals surface area (Å²) in [6, 6.07) is 14.2. The molecule has 0 aromatic heterocycles. The summed E-state index contributed by atoms with van der Waals surface area (Å²) >= 11 is 0. The van der Waals surface area contributed by atoms with E-state index in [0.29, 0.717) is 18.7 Å². The predicted octanol–water partition coefficient (Wildman–Crippen LogP) is 2.63. The van der Waals surface area contributed by atoms with E-state index < -0.39 is 0 Å². The van der Waals surface area contributed by atoms with Crippen molar-refractivity contribution >= 4 is 5.91 Å². The van der Waals surface area contributed by atoms with Crippen molar-refractivity contribution < 1.29 is 9.18 Å². The van der Waals surface area contributed by atoms with Gasteiger partial charge in [-0.3, -0.25) is 9.69 Å². The number of carbonyl (C=O) groups is 1. The Balaban J connectivity index is 1.58. The molecule has 1 aliphatic rings.